The molecule has 12 nitrogen and oxygen atoms in total. The number of ether oxygens (including phenoxy) is 1. The van der Waals surface area contributed by atoms with E-state index in [2.05, 4.69) is 15.6 Å². The summed E-state index contributed by atoms with van der Waals surface area (Å²) in [5, 5.41) is 15.6. The number of carbonyl (C=O) groups is 5. The molecular formula is C37H43N3O9S. The number of esters is 1. The lowest BCUT2D eigenvalue weighted by atomic mass is 9.86. The Kier molecular flexibility index (Phi) is 15.0. The molecule has 3 aromatic rings. The van der Waals surface area contributed by atoms with Gasteiger partial charge in [-0.3, -0.25) is 29.0 Å². The lowest BCUT2D eigenvalue weighted by Gasteiger charge is -2.25. The molecule has 13 heteroatoms. The molecule has 50 heavy (non-hydrogen) atoms. The van der Waals surface area contributed by atoms with Crippen LogP contribution in [0.1, 0.15) is 51.3 Å². The third-order valence-electron chi connectivity index (χ3n) is 7.85. The van der Waals surface area contributed by atoms with E-state index in [0.717, 1.165) is 17.0 Å². The lowest BCUT2D eigenvalue weighted by molar-refractivity contribution is -0.148. The summed E-state index contributed by atoms with van der Waals surface area (Å²) in [6.45, 7) is 5.03. The highest BCUT2D eigenvalue weighted by Gasteiger charge is 2.32. The van der Waals surface area contributed by atoms with E-state index in [1.165, 1.54) is 12.1 Å². The second-order valence-electron chi connectivity index (χ2n) is 12.3. The molecular weight excluding hydrogens is 662 g/mol. The van der Waals surface area contributed by atoms with Crippen molar-refractivity contribution >= 4 is 39.4 Å². The average molecular weight is 706 g/mol. The largest absolute Gasteiger partial charge is 0.481 e. The highest BCUT2D eigenvalue weighted by molar-refractivity contribution is 7.94. The number of benzene rings is 2. The maximum absolute atomic E-state index is 13.8. The number of rotatable bonds is 19. The number of amides is 2. The molecule has 2 aromatic carbocycles. The van der Waals surface area contributed by atoms with Gasteiger partial charge in [-0.25, -0.2) is 8.42 Å². The van der Waals surface area contributed by atoms with Crippen LogP contribution in [-0.4, -0.2) is 60.1 Å². The summed E-state index contributed by atoms with van der Waals surface area (Å²) in [6.07, 6.45) is 1.52. The van der Waals surface area contributed by atoms with E-state index in [4.69, 9.17) is 4.74 Å². The Morgan fingerprint density at radius 3 is 2.06 bits per heavy atom. The van der Waals surface area contributed by atoms with Crippen molar-refractivity contribution in [1.29, 1.82) is 0 Å². The van der Waals surface area contributed by atoms with E-state index in [1.807, 2.05) is 18.2 Å². The fourth-order valence-electron chi connectivity index (χ4n) is 4.95. The Bertz CT molecular complexity index is 1730. The average Bonchev–Trinajstić information content (AvgIpc) is 3.09. The zero-order chi connectivity index (χ0) is 36.7. The molecule has 0 aliphatic rings. The number of aliphatic carboxylic acids is 1. The van der Waals surface area contributed by atoms with Gasteiger partial charge in [0.25, 0.3) is 0 Å². The van der Waals surface area contributed by atoms with Gasteiger partial charge in [-0.2, -0.15) is 0 Å². The lowest BCUT2D eigenvalue weighted by Crippen LogP contribution is -2.47. The van der Waals surface area contributed by atoms with Gasteiger partial charge in [0.1, 0.15) is 6.61 Å². The number of carboxylic acids is 1. The number of pyridine rings is 1. The molecule has 0 fully saturated rings. The van der Waals surface area contributed by atoms with Gasteiger partial charge in [-0.15, -0.1) is 0 Å². The van der Waals surface area contributed by atoms with E-state index in [-0.39, 0.29) is 30.8 Å². The molecule has 0 unspecified atom stereocenters. The third-order valence-corrected chi connectivity index (χ3v) is 9.30. The van der Waals surface area contributed by atoms with Crippen LogP contribution >= 0.6 is 0 Å². The quantitative estimate of drug-likeness (QED) is 0.154. The summed E-state index contributed by atoms with van der Waals surface area (Å²) < 4.78 is 30.8. The van der Waals surface area contributed by atoms with Gasteiger partial charge in [-0.05, 0) is 41.8 Å². The molecule has 0 aliphatic carbocycles. The Morgan fingerprint density at radius 1 is 0.820 bits per heavy atom. The molecule has 0 aliphatic heterocycles. The minimum Gasteiger partial charge on any atom is -0.481 e. The first kappa shape index (κ1) is 39.3. The third kappa shape index (κ3) is 13.0. The zero-order valence-electron chi connectivity index (χ0n) is 28.2. The van der Waals surface area contributed by atoms with E-state index >= 15 is 0 Å². The molecule has 2 amide bonds. The molecule has 3 rings (SSSR count). The van der Waals surface area contributed by atoms with Gasteiger partial charge in [0, 0.05) is 42.0 Å². The van der Waals surface area contributed by atoms with Crippen LogP contribution < -0.4 is 10.6 Å². The first-order chi connectivity index (χ1) is 23.7. The maximum atomic E-state index is 13.8. The smallest absolute Gasteiger partial charge is 0.306 e. The van der Waals surface area contributed by atoms with E-state index in [0.29, 0.717) is 5.69 Å². The fourth-order valence-corrected chi connectivity index (χ4v) is 6.04. The van der Waals surface area contributed by atoms with E-state index in [9.17, 15) is 37.5 Å². The van der Waals surface area contributed by atoms with Crippen molar-refractivity contribution in [3.05, 3.63) is 108 Å². The molecule has 0 saturated heterocycles. The molecule has 3 N–H and O–H groups in total. The Labute approximate surface area is 292 Å². The second kappa shape index (κ2) is 19.1. The van der Waals surface area contributed by atoms with Crippen molar-refractivity contribution in [2.75, 3.05) is 0 Å². The number of ketones is 1. The summed E-state index contributed by atoms with van der Waals surface area (Å²) >= 11 is 0. The van der Waals surface area contributed by atoms with Crippen LogP contribution in [-0.2, 0) is 51.6 Å². The van der Waals surface area contributed by atoms with Gasteiger partial charge >= 0.3 is 11.9 Å². The van der Waals surface area contributed by atoms with Gasteiger partial charge in [0.05, 0.1) is 29.8 Å². The number of aromatic nitrogens is 1. The minimum atomic E-state index is -3.92. The Morgan fingerprint density at radius 2 is 1.46 bits per heavy atom. The summed E-state index contributed by atoms with van der Waals surface area (Å²) in [7, 11) is -3.92. The molecule has 1 heterocycles. The van der Waals surface area contributed by atoms with Gasteiger partial charge < -0.3 is 20.5 Å². The van der Waals surface area contributed by atoms with Crippen LogP contribution in [0.4, 0.5) is 0 Å². The fraction of sp³-hybridized carbons (Fsp3) is 0.351. The minimum absolute atomic E-state index is 0.00157. The van der Waals surface area contributed by atoms with Crippen molar-refractivity contribution in [1.82, 2.24) is 15.6 Å². The van der Waals surface area contributed by atoms with Crippen molar-refractivity contribution in [2.45, 2.75) is 70.0 Å². The first-order valence-corrected chi connectivity index (χ1v) is 17.7. The monoisotopic (exact) mass is 705 g/mol. The molecule has 1 aromatic heterocycles. The Balaban J connectivity index is 1.72. The highest BCUT2D eigenvalue weighted by Crippen LogP contribution is 2.20. The van der Waals surface area contributed by atoms with E-state index in [1.54, 1.807) is 75.5 Å². The summed E-state index contributed by atoms with van der Waals surface area (Å²) in [5.74, 6) is -5.73. The van der Waals surface area contributed by atoms with Crippen LogP contribution in [0.15, 0.2) is 101 Å². The maximum Gasteiger partial charge on any atom is 0.306 e. The molecule has 0 spiro atoms. The predicted molar refractivity (Wildman–Crippen MR) is 185 cm³/mol. The highest BCUT2D eigenvalue weighted by atomic mass is 32.2. The van der Waals surface area contributed by atoms with E-state index < -0.39 is 75.6 Å². The summed E-state index contributed by atoms with van der Waals surface area (Å²) in [4.78, 5) is 68.9. The van der Waals surface area contributed by atoms with Crippen LogP contribution in [0.5, 0.6) is 0 Å². The van der Waals surface area contributed by atoms with Crippen molar-refractivity contribution in [3.8, 4) is 0 Å². The summed E-state index contributed by atoms with van der Waals surface area (Å²) in [5.41, 5.74) is 1.31. The van der Waals surface area contributed by atoms with Crippen molar-refractivity contribution in [2.24, 2.45) is 17.8 Å². The normalized spacial score (nSPS) is 13.9. The Hall–Kier alpha value is -5.17. The molecule has 4 atom stereocenters. The van der Waals surface area contributed by atoms with Crippen LogP contribution in [0.3, 0.4) is 0 Å². The number of carbonyl (C=O) groups excluding carboxylic acids is 4. The number of sulfone groups is 1. The SMILES string of the molecule is CC(C)[C@H](CC(=O)[C@H](Cc1ccccn1)NC(=O)[C@H](C)CC(=O)OCc1ccccc1)C(=O)N[C@H](/C=C/S(=O)(=O)c1ccccc1)CC(=O)O. The number of nitrogens with one attached hydrogen (secondary N) is 2. The number of hydrogen-bond acceptors (Lipinski definition) is 9. The number of nitrogens with zero attached hydrogens (tertiary/aromatic N) is 1. The number of carboxylic acid groups (broad SMARTS) is 1. The standard InChI is InChI=1S/C37H43N3O9S/c1-25(2)31(37(46)39-29(22-34(42)43)17-19-50(47,48)30-15-8-5-9-16-30)23-33(41)32(21-28-14-10-11-18-38-28)40-36(45)26(3)20-35(44)49-24-27-12-6-4-7-13-27/h4-19,25-26,29,31-32H,20-24H2,1-3H3,(H,39,46)(H,40,45)(H,42,43)/b19-17+/t26-,29-,31+,32+/m1/s1. The second-order valence-corrected chi connectivity index (χ2v) is 14.1. The number of hydrogen-bond donors (Lipinski definition) is 3. The van der Waals surface area contributed by atoms with Crippen molar-refractivity contribution < 1.29 is 42.2 Å². The van der Waals surface area contributed by atoms with Crippen molar-refractivity contribution in [3.63, 3.8) is 0 Å². The molecule has 0 radical (unpaired) electrons. The zero-order valence-corrected chi connectivity index (χ0v) is 29.0. The van der Waals surface area contributed by atoms with Crippen LogP contribution in [0.25, 0.3) is 0 Å². The van der Waals surface area contributed by atoms with Gasteiger partial charge in [0.2, 0.25) is 11.8 Å². The molecule has 0 saturated carbocycles. The van der Waals surface area contributed by atoms with Gasteiger partial charge in [-0.1, -0.05) is 75.4 Å². The van der Waals surface area contributed by atoms with Crippen LogP contribution in [0.2, 0.25) is 0 Å². The predicted octanol–water partition coefficient (Wildman–Crippen LogP) is 4.06. The molecule has 266 valence electrons. The summed E-state index contributed by atoms with van der Waals surface area (Å²) in [6, 6.07) is 19.5. The molecule has 0 bridgehead atoms. The van der Waals surface area contributed by atoms with Gasteiger partial charge in [0.15, 0.2) is 15.6 Å². The van der Waals surface area contributed by atoms with Crippen LogP contribution in [0, 0.1) is 17.8 Å². The number of Topliss-reactive ketones (excluding diaryl/α,β-unsaturated/α-hetero) is 1. The topological polar surface area (TPSA) is 186 Å². The first-order valence-electron chi connectivity index (χ1n) is 16.2.